The fourth-order valence-corrected chi connectivity index (χ4v) is 7.60. The minimum Gasteiger partial charge on any atom is -0.351 e. The van der Waals surface area contributed by atoms with Gasteiger partial charge < -0.3 is 25.8 Å². The van der Waals surface area contributed by atoms with Crippen LogP contribution in [0.4, 0.5) is 4.79 Å². The van der Waals surface area contributed by atoms with Gasteiger partial charge in [-0.3, -0.25) is 9.48 Å². The molecule has 2 saturated heterocycles. The van der Waals surface area contributed by atoms with Gasteiger partial charge in [-0.05, 0) is 56.3 Å². The van der Waals surface area contributed by atoms with Crippen LogP contribution in [0.3, 0.4) is 0 Å². The molecule has 3 aromatic rings. The number of nitrogens with zero attached hydrogens (tertiary/aromatic N) is 5. The van der Waals surface area contributed by atoms with Gasteiger partial charge in [0.2, 0.25) is 0 Å². The first-order valence-corrected chi connectivity index (χ1v) is 17.8. The molecule has 4 heterocycles. The summed E-state index contributed by atoms with van der Waals surface area (Å²) < 4.78 is 2.12. The average Bonchev–Trinajstić information content (AvgIpc) is 3.22. The summed E-state index contributed by atoms with van der Waals surface area (Å²) >= 11 is 15.1. The molecule has 3 amide bonds. The van der Waals surface area contributed by atoms with Gasteiger partial charge in [-0.15, -0.1) is 0 Å². The maximum atomic E-state index is 13.3. The number of aromatic nitrogens is 2. The number of carbonyl (C=O) groups excluding carboxylic acids is 2. The number of benzene rings is 2. The van der Waals surface area contributed by atoms with Crippen LogP contribution in [-0.4, -0.2) is 100 Å². The van der Waals surface area contributed by atoms with Gasteiger partial charge in [-0.1, -0.05) is 41.1 Å². The molecular formula is C34H39Cl2N7O2S. The molecule has 242 valence electrons. The lowest BCUT2D eigenvalue weighted by atomic mass is 9.99. The van der Waals surface area contributed by atoms with E-state index in [4.69, 9.17) is 34.0 Å². The van der Waals surface area contributed by atoms with Crippen molar-refractivity contribution in [2.75, 3.05) is 63.9 Å². The second-order valence-electron chi connectivity index (χ2n) is 11.8. The van der Waals surface area contributed by atoms with Gasteiger partial charge >= 0.3 is 6.03 Å². The molecule has 0 bridgehead atoms. The number of fused-ring (bicyclic) bond motifs is 1. The number of hydrogen-bond donors (Lipinski definition) is 2. The SMILES string of the molecule is NC(=O)N1CCc2c(c(-c3ccc(Cl)c(C#Cc4ccc(Cl)c(C(=O)N5CCCNCC5)c4)c3)nn2CCCN2CCSCC2)C1. The molecule has 0 aliphatic carbocycles. The average molecular weight is 681 g/mol. The Hall–Kier alpha value is -3.20. The Labute approximate surface area is 284 Å². The van der Waals surface area contributed by atoms with E-state index < -0.39 is 6.03 Å². The second-order valence-corrected chi connectivity index (χ2v) is 13.9. The Morgan fingerprint density at radius 1 is 0.935 bits per heavy atom. The summed E-state index contributed by atoms with van der Waals surface area (Å²) in [6.45, 7) is 8.12. The summed E-state index contributed by atoms with van der Waals surface area (Å²) in [6.07, 6.45) is 2.62. The summed E-state index contributed by atoms with van der Waals surface area (Å²) in [6, 6.07) is 10.6. The normalized spacial score (nSPS) is 17.2. The first-order valence-electron chi connectivity index (χ1n) is 15.9. The molecule has 0 saturated carbocycles. The minimum absolute atomic E-state index is 0.0855. The van der Waals surface area contributed by atoms with Crippen molar-refractivity contribution in [3.8, 4) is 23.1 Å². The number of carbonyl (C=O) groups is 2. The largest absolute Gasteiger partial charge is 0.351 e. The van der Waals surface area contributed by atoms with E-state index in [1.165, 1.54) is 11.5 Å². The maximum Gasteiger partial charge on any atom is 0.315 e. The third kappa shape index (κ3) is 7.67. The zero-order valence-corrected chi connectivity index (χ0v) is 28.2. The van der Waals surface area contributed by atoms with Crippen molar-refractivity contribution in [2.45, 2.75) is 32.4 Å². The van der Waals surface area contributed by atoms with Crippen LogP contribution in [-0.2, 0) is 19.5 Å². The smallest absolute Gasteiger partial charge is 0.315 e. The van der Waals surface area contributed by atoms with Crippen molar-refractivity contribution in [3.05, 3.63) is 74.4 Å². The molecule has 12 heteroatoms. The van der Waals surface area contributed by atoms with Crippen LogP contribution < -0.4 is 11.1 Å². The molecule has 3 aliphatic rings. The number of thioether (sulfide) groups is 1. The summed E-state index contributed by atoms with van der Waals surface area (Å²) in [5, 5.41) is 9.33. The predicted molar refractivity (Wildman–Crippen MR) is 186 cm³/mol. The van der Waals surface area contributed by atoms with E-state index in [0.717, 1.165) is 74.6 Å². The van der Waals surface area contributed by atoms with Crippen LogP contribution in [0.5, 0.6) is 0 Å². The Balaban J connectivity index is 1.26. The van der Waals surface area contributed by atoms with Crippen LogP contribution in [0.15, 0.2) is 36.4 Å². The number of nitrogens with one attached hydrogen (secondary N) is 1. The number of amides is 3. The van der Waals surface area contributed by atoms with E-state index in [2.05, 4.69) is 26.7 Å². The minimum atomic E-state index is -0.427. The van der Waals surface area contributed by atoms with Gasteiger partial charge in [-0.25, -0.2) is 4.79 Å². The number of primary amides is 1. The molecule has 0 unspecified atom stereocenters. The molecule has 0 atom stereocenters. The monoisotopic (exact) mass is 679 g/mol. The summed E-state index contributed by atoms with van der Waals surface area (Å²) in [5.41, 5.74) is 11.3. The standard InChI is InChI=1S/C34H39Cl2N7O2S/c35-29-8-6-26(22-25(29)5-3-24-4-7-30(36)27(21-24)33(44)41-13-1-10-38-11-16-41)32-28-23-42(34(37)45)15-9-31(28)43(39-32)14-2-12-40-17-19-46-20-18-40/h4,6-8,21-22,38H,1-2,9-20,23H2,(H2,37,45). The lowest BCUT2D eigenvalue weighted by Crippen LogP contribution is -2.39. The van der Waals surface area contributed by atoms with Gasteiger partial charge in [0.15, 0.2) is 0 Å². The molecule has 2 aromatic carbocycles. The van der Waals surface area contributed by atoms with Gasteiger partial charge in [-0.2, -0.15) is 16.9 Å². The highest BCUT2D eigenvalue weighted by Gasteiger charge is 2.27. The molecule has 3 N–H and O–H groups in total. The Bertz CT molecular complexity index is 1650. The third-order valence-electron chi connectivity index (χ3n) is 8.80. The first kappa shape index (κ1) is 32.7. The molecule has 1 aromatic heterocycles. The van der Waals surface area contributed by atoms with Crippen LogP contribution in [0.1, 0.15) is 45.6 Å². The van der Waals surface area contributed by atoms with Crippen molar-refractivity contribution < 1.29 is 9.59 Å². The summed E-state index contributed by atoms with van der Waals surface area (Å²) in [4.78, 5) is 31.4. The number of urea groups is 1. The molecule has 0 radical (unpaired) electrons. The van der Waals surface area contributed by atoms with Crippen LogP contribution in [0.25, 0.3) is 11.3 Å². The quantitative estimate of drug-likeness (QED) is 0.371. The molecular weight excluding hydrogens is 641 g/mol. The van der Waals surface area contributed by atoms with Gasteiger partial charge in [0.1, 0.15) is 0 Å². The van der Waals surface area contributed by atoms with Crippen molar-refractivity contribution in [3.63, 3.8) is 0 Å². The molecule has 6 rings (SSSR count). The fraction of sp³-hybridized carbons (Fsp3) is 0.441. The Morgan fingerprint density at radius 3 is 2.59 bits per heavy atom. The van der Waals surface area contributed by atoms with E-state index in [1.54, 1.807) is 17.0 Å². The Morgan fingerprint density at radius 2 is 1.76 bits per heavy atom. The molecule has 2 fully saturated rings. The zero-order valence-electron chi connectivity index (χ0n) is 25.9. The topological polar surface area (TPSA) is 99.7 Å². The lowest BCUT2D eigenvalue weighted by Gasteiger charge is -2.27. The number of nitrogens with two attached hydrogens (primary N) is 1. The highest BCUT2D eigenvalue weighted by molar-refractivity contribution is 7.99. The van der Waals surface area contributed by atoms with Gasteiger partial charge in [0.25, 0.3) is 5.91 Å². The van der Waals surface area contributed by atoms with Crippen LogP contribution >= 0.6 is 35.0 Å². The van der Waals surface area contributed by atoms with E-state index in [-0.39, 0.29) is 5.91 Å². The summed E-state index contributed by atoms with van der Waals surface area (Å²) in [5.74, 6) is 8.71. The van der Waals surface area contributed by atoms with Crippen molar-refractivity contribution in [1.82, 2.24) is 29.8 Å². The van der Waals surface area contributed by atoms with E-state index in [9.17, 15) is 9.59 Å². The van der Waals surface area contributed by atoms with Crippen LogP contribution in [0, 0.1) is 11.8 Å². The molecule has 46 heavy (non-hydrogen) atoms. The van der Waals surface area contributed by atoms with E-state index in [0.29, 0.717) is 59.3 Å². The highest BCUT2D eigenvalue weighted by Crippen LogP contribution is 2.32. The molecule has 3 aliphatic heterocycles. The number of hydrogen-bond acceptors (Lipinski definition) is 6. The maximum absolute atomic E-state index is 13.3. The molecule has 0 spiro atoms. The summed E-state index contributed by atoms with van der Waals surface area (Å²) in [7, 11) is 0. The first-order chi connectivity index (χ1) is 22.4. The Kier molecular flexibility index (Phi) is 10.8. The van der Waals surface area contributed by atoms with Crippen molar-refractivity contribution in [2.24, 2.45) is 5.73 Å². The van der Waals surface area contributed by atoms with Gasteiger partial charge in [0, 0.05) is 91.7 Å². The van der Waals surface area contributed by atoms with Gasteiger partial charge in [0.05, 0.1) is 27.8 Å². The van der Waals surface area contributed by atoms with Crippen LogP contribution in [0.2, 0.25) is 10.0 Å². The van der Waals surface area contributed by atoms with Crippen molar-refractivity contribution in [1.29, 1.82) is 0 Å². The second kappa shape index (κ2) is 15.1. The van der Waals surface area contributed by atoms with E-state index >= 15 is 0 Å². The van der Waals surface area contributed by atoms with E-state index in [1.807, 2.05) is 40.9 Å². The third-order valence-corrected chi connectivity index (χ3v) is 10.4. The number of aryl methyl sites for hydroxylation is 1. The fourth-order valence-electron chi connectivity index (χ4n) is 6.26. The highest BCUT2D eigenvalue weighted by atomic mass is 35.5. The number of rotatable bonds is 6. The molecule has 9 nitrogen and oxygen atoms in total. The predicted octanol–water partition coefficient (Wildman–Crippen LogP) is 4.57. The lowest BCUT2D eigenvalue weighted by molar-refractivity contribution is 0.0766. The zero-order chi connectivity index (χ0) is 32.0. The number of halogens is 2. The van der Waals surface area contributed by atoms with Crippen molar-refractivity contribution >= 4 is 46.9 Å².